The summed E-state index contributed by atoms with van der Waals surface area (Å²) in [5.41, 5.74) is 5.37. The van der Waals surface area contributed by atoms with Gasteiger partial charge in [0, 0.05) is 5.54 Å². The molecule has 0 bridgehead atoms. The first-order chi connectivity index (χ1) is 7.83. The van der Waals surface area contributed by atoms with Crippen molar-refractivity contribution in [3.63, 3.8) is 0 Å². The number of aromatic nitrogens is 2. The Morgan fingerprint density at radius 1 is 1.59 bits per heavy atom. The lowest BCUT2D eigenvalue weighted by Gasteiger charge is -2.20. The van der Waals surface area contributed by atoms with E-state index in [0.29, 0.717) is 5.56 Å². The van der Waals surface area contributed by atoms with Gasteiger partial charge in [-0.15, -0.1) is 0 Å². The first-order valence-corrected chi connectivity index (χ1v) is 4.94. The van der Waals surface area contributed by atoms with Gasteiger partial charge in [0.15, 0.2) is 5.84 Å². The number of nitrogens with two attached hydrogens (primary N) is 1. The fourth-order valence-corrected chi connectivity index (χ4v) is 1.11. The Hall–Kier alpha value is -2.25. The third-order valence-electron chi connectivity index (χ3n) is 1.75. The average molecular weight is 240 g/mol. The Bertz CT molecular complexity index is 431. The largest absolute Gasteiger partial charge is 0.409 e. The SMILES string of the molecule is CC(C)(C)NC(=O)Nc1[nH]ncc1/C(N)=N/O. The predicted molar refractivity (Wildman–Crippen MR) is 63.0 cm³/mol. The Kier molecular flexibility index (Phi) is 3.56. The lowest BCUT2D eigenvalue weighted by Crippen LogP contribution is -2.43. The Morgan fingerprint density at radius 2 is 2.24 bits per heavy atom. The highest BCUT2D eigenvalue weighted by Crippen LogP contribution is 2.10. The number of hydrogen-bond donors (Lipinski definition) is 5. The molecule has 8 nitrogen and oxygen atoms in total. The highest BCUT2D eigenvalue weighted by molar-refractivity contribution is 6.04. The molecule has 0 unspecified atom stereocenters. The third kappa shape index (κ3) is 3.67. The van der Waals surface area contributed by atoms with Gasteiger partial charge in [0.05, 0.1) is 11.8 Å². The van der Waals surface area contributed by atoms with Crippen molar-refractivity contribution < 1.29 is 10.0 Å². The number of hydrogen-bond acceptors (Lipinski definition) is 4. The summed E-state index contributed by atoms with van der Waals surface area (Å²) in [5.74, 6) is 0.131. The lowest BCUT2D eigenvalue weighted by molar-refractivity contribution is 0.243. The fraction of sp³-hybridized carbons (Fsp3) is 0.444. The Morgan fingerprint density at radius 3 is 2.76 bits per heavy atom. The maximum Gasteiger partial charge on any atom is 0.320 e. The van der Waals surface area contributed by atoms with Crippen molar-refractivity contribution in [3.05, 3.63) is 11.8 Å². The maximum absolute atomic E-state index is 11.6. The molecule has 0 spiro atoms. The Labute approximate surface area is 98.3 Å². The van der Waals surface area contributed by atoms with E-state index in [9.17, 15) is 4.79 Å². The van der Waals surface area contributed by atoms with Gasteiger partial charge in [0.2, 0.25) is 0 Å². The molecule has 2 amide bonds. The van der Waals surface area contributed by atoms with Gasteiger partial charge in [-0.05, 0) is 20.8 Å². The van der Waals surface area contributed by atoms with E-state index in [2.05, 4.69) is 26.0 Å². The van der Waals surface area contributed by atoms with E-state index in [1.54, 1.807) is 0 Å². The summed E-state index contributed by atoms with van der Waals surface area (Å²) < 4.78 is 0. The molecular weight excluding hydrogens is 224 g/mol. The lowest BCUT2D eigenvalue weighted by atomic mass is 10.1. The van der Waals surface area contributed by atoms with Gasteiger partial charge >= 0.3 is 6.03 Å². The number of anilines is 1. The van der Waals surface area contributed by atoms with Crippen LogP contribution in [-0.4, -0.2) is 32.8 Å². The van der Waals surface area contributed by atoms with Crippen LogP contribution in [-0.2, 0) is 0 Å². The van der Waals surface area contributed by atoms with Crippen LogP contribution in [0.1, 0.15) is 26.3 Å². The van der Waals surface area contributed by atoms with Crippen molar-refractivity contribution in [2.24, 2.45) is 10.9 Å². The molecule has 0 radical (unpaired) electrons. The molecular formula is C9H16N6O2. The molecule has 0 fully saturated rings. The Balaban J connectivity index is 2.76. The summed E-state index contributed by atoms with van der Waals surface area (Å²) in [5, 5.41) is 22.8. The molecule has 1 rings (SSSR count). The van der Waals surface area contributed by atoms with Crippen LogP contribution in [0.25, 0.3) is 0 Å². The molecule has 94 valence electrons. The third-order valence-corrected chi connectivity index (χ3v) is 1.75. The smallest absolute Gasteiger partial charge is 0.320 e. The second kappa shape index (κ2) is 4.73. The van der Waals surface area contributed by atoms with Crippen LogP contribution in [0.2, 0.25) is 0 Å². The molecule has 17 heavy (non-hydrogen) atoms. The van der Waals surface area contributed by atoms with Gasteiger partial charge in [-0.25, -0.2) is 4.79 Å². The van der Waals surface area contributed by atoms with Gasteiger partial charge in [-0.1, -0.05) is 5.16 Å². The molecule has 1 heterocycles. The number of nitrogens with one attached hydrogen (secondary N) is 3. The van der Waals surface area contributed by atoms with Gasteiger partial charge in [0.25, 0.3) is 0 Å². The maximum atomic E-state index is 11.6. The van der Waals surface area contributed by atoms with Crippen LogP contribution in [0.3, 0.4) is 0 Å². The van der Waals surface area contributed by atoms with Gasteiger partial charge < -0.3 is 16.3 Å². The van der Waals surface area contributed by atoms with Crippen LogP contribution in [0.5, 0.6) is 0 Å². The highest BCUT2D eigenvalue weighted by Gasteiger charge is 2.16. The van der Waals surface area contributed by atoms with Crippen molar-refractivity contribution in [2.75, 3.05) is 5.32 Å². The number of amidine groups is 1. The summed E-state index contributed by atoms with van der Waals surface area (Å²) in [7, 11) is 0. The molecule has 1 aromatic heterocycles. The normalized spacial score (nSPS) is 12.3. The highest BCUT2D eigenvalue weighted by atomic mass is 16.4. The monoisotopic (exact) mass is 240 g/mol. The van der Waals surface area contributed by atoms with Crippen molar-refractivity contribution in [1.29, 1.82) is 0 Å². The minimum Gasteiger partial charge on any atom is -0.409 e. The number of aromatic amines is 1. The molecule has 8 heteroatoms. The molecule has 0 aliphatic heterocycles. The van der Waals surface area contributed by atoms with Gasteiger partial charge in [-0.2, -0.15) is 5.10 Å². The molecule has 0 aliphatic rings. The van der Waals surface area contributed by atoms with Crippen LogP contribution >= 0.6 is 0 Å². The zero-order valence-corrected chi connectivity index (χ0v) is 9.90. The van der Waals surface area contributed by atoms with E-state index < -0.39 is 6.03 Å². The predicted octanol–water partition coefficient (Wildman–Crippen LogP) is 0.424. The molecule has 1 aromatic rings. The second-order valence-electron chi connectivity index (χ2n) is 4.47. The van der Waals surface area contributed by atoms with Crippen LogP contribution in [0.15, 0.2) is 11.4 Å². The minimum atomic E-state index is -0.409. The molecule has 6 N–H and O–H groups in total. The first-order valence-electron chi connectivity index (χ1n) is 4.94. The van der Waals surface area contributed by atoms with E-state index in [0.717, 1.165) is 0 Å². The summed E-state index contributed by atoms with van der Waals surface area (Å²) in [6, 6.07) is -0.409. The molecule has 0 saturated heterocycles. The van der Waals surface area contributed by atoms with Crippen molar-refractivity contribution in [1.82, 2.24) is 15.5 Å². The summed E-state index contributed by atoms with van der Waals surface area (Å²) >= 11 is 0. The molecule has 0 saturated carbocycles. The molecule has 0 atom stereocenters. The van der Waals surface area contributed by atoms with Crippen LogP contribution in [0.4, 0.5) is 10.6 Å². The zero-order chi connectivity index (χ0) is 13.1. The van der Waals surface area contributed by atoms with E-state index >= 15 is 0 Å². The topological polar surface area (TPSA) is 128 Å². The number of rotatable bonds is 2. The summed E-state index contributed by atoms with van der Waals surface area (Å²) in [4.78, 5) is 11.6. The standard InChI is InChI=1S/C9H16N6O2/c1-9(2,3)13-8(16)12-7-5(4-11-14-7)6(10)15-17/h4,17H,1-3H3,(H2,10,15)(H3,11,12,13,14,16). The number of carbonyl (C=O) groups is 1. The second-order valence-corrected chi connectivity index (χ2v) is 4.47. The summed E-state index contributed by atoms with van der Waals surface area (Å²) in [6.45, 7) is 5.55. The van der Waals surface area contributed by atoms with Gasteiger partial charge in [0.1, 0.15) is 5.82 Å². The van der Waals surface area contributed by atoms with E-state index in [1.165, 1.54) is 6.20 Å². The number of nitrogens with zero attached hydrogens (tertiary/aromatic N) is 2. The van der Waals surface area contributed by atoms with E-state index in [4.69, 9.17) is 10.9 Å². The zero-order valence-electron chi connectivity index (χ0n) is 9.90. The van der Waals surface area contributed by atoms with E-state index in [-0.39, 0.29) is 17.2 Å². The van der Waals surface area contributed by atoms with E-state index in [1.807, 2.05) is 20.8 Å². The van der Waals surface area contributed by atoms with Crippen LogP contribution < -0.4 is 16.4 Å². The average Bonchev–Trinajstić information content (AvgIpc) is 2.61. The van der Waals surface area contributed by atoms with Crippen LogP contribution in [0, 0.1) is 0 Å². The van der Waals surface area contributed by atoms with Crippen molar-refractivity contribution in [3.8, 4) is 0 Å². The fourth-order valence-electron chi connectivity index (χ4n) is 1.11. The number of amides is 2. The first kappa shape index (κ1) is 12.8. The number of oxime groups is 1. The summed E-state index contributed by atoms with van der Waals surface area (Å²) in [6.07, 6.45) is 1.35. The number of H-pyrrole nitrogens is 1. The van der Waals surface area contributed by atoms with Crippen molar-refractivity contribution in [2.45, 2.75) is 26.3 Å². The quantitative estimate of drug-likeness (QED) is 0.222. The molecule has 0 aromatic carbocycles. The number of carbonyl (C=O) groups excluding carboxylic acids is 1. The minimum absolute atomic E-state index is 0.134. The number of urea groups is 1. The van der Waals surface area contributed by atoms with Gasteiger partial charge in [-0.3, -0.25) is 10.4 Å². The molecule has 0 aliphatic carbocycles. The van der Waals surface area contributed by atoms with Crippen molar-refractivity contribution >= 4 is 17.7 Å².